The molecule has 3 N–H and O–H groups in total. The molecular weight excluding hydrogens is 210 g/mol. The predicted octanol–water partition coefficient (Wildman–Crippen LogP) is -1.33. The average molecular weight is 215 g/mol. The number of rotatable bonds is 0. The molecule has 0 aliphatic rings. The molecule has 0 heterocycles. The summed E-state index contributed by atoms with van der Waals surface area (Å²) in [6.07, 6.45) is 0. The van der Waals surface area contributed by atoms with Crippen LogP contribution in [-0.4, -0.2) is 26.8 Å². The third-order valence-electron chi connectivity index (χ3n) is 0. The molecule has 0 rings (SSSR count). The van der Waals surface area contributed by atoms with Crippen LogP contribution in [0.25, 0.3) is 0 Å². The van der Waals surface area contributed by atoms with Crippen molar-refractivity contribution < 1.29 is 16.0 Å². The average Bonchev–Trinajstić information content (AvgIpc) is 0.722. The van der Waals surface area contributed by atoms with Crippen molar-refractivity contribution >= 4 is 39.3 Å². The van der Waals surface area contributed by atoms with Gasteiger partial charge in [0.1, 0.15) is 0 Å². The zero-order valence-corrected chi connectivity index (χ0v) is 6.52. The molecule has 0 aliphatic carbocycles. The predicted molar refractivity (Wildman–Crippen MR) is 27.6 cm³/mol. The van der Waals surface area contributed by atoms with Gasteiger partial charge in [-0.05, 0) is 0 Å². The van der Waals surface area contributed by atoms with E-state index in [0.29, 0.717) is 0 Å². The molecule has 7 heteroatoms. The zero-order chi connectivity index (χ0) is 4.50. The van der Waals surface area contributed by atoms with Crippen molar-refractivity contribution in [2.24, 2.45) is 0 Å². The van der Waals surface area contributed by atoms with Crippen molar-refractivity contribution in [3.8, 4) is 0 Å². The molecular formula is H5AsCl2O4. The van der Waals surface area contributed by atoms with E-state index >= 15 is 0 Å². The summed E-state index contributed by atoms with van der Waals surface area (Å²) in [7, 11) is 0. The molecule has 0 fully saturated rings. The van der Waals surface area contributed by atoms with Crippen LogP contribution in [-0.2, 0) is 3.74 Å². The maximum atomic E-state index is 8.94. The summed E-state index contributed by atoms with van der Waals surface area (Å²) in [6, 6.07) is 0. The molecule has 4 nitrogen and oxygen atoms in total. The molecule has 0 bridgehead atoms. The van der Waals surface area contributed by atoms with Crippen LogP contribution in [0.3, 0.4) is 0 Å². The van der Waals surface area contributed by atoms with E-state index in [0.717, 1.165) is 0 Å². The number of hydrogen-bond donors (Lipinski definition) is 3. The third-order valence-corrected chi connectivity index (χ3v) is 0. The van der Waals surface area contributed by atoms with Gasteiger partial charge in [-0.2, -0.15) is 0 Å². The van der Waals surface area contributed by atoms with Gasteiger partial charge in [0.2, 0.25) is 0 Å². The SMILES string of the molecule is Cl.Cl.O=[As](O)(O)O. The van der Waals surface area contributed by atoms with Gasteiger partial charge in [0, 0.05) is 0 Å². The van der Waals surface area contributed by atoms with Crippen molar-refractivity contribution in [3.63, 3.8) is 0 Å². The van der Waals surface area contributed by atoms with E-state index in [1.54, 1.807) is 0 Å². The van der Waals surface area contributed by atoms with Crippen LogP contribution < -0.4 is 0 Å². The quantitative estimate of drug-likeness (QED) is 0.437. The standard InChI is InChI=1S/AsH3O4.2ClH/c2-1(3,4)5;;/h(H3,2,3,4,5);2*1H. The number of hydrogen-bond acceptors (Lipinski definition) is 1. The van der Waals surface area contributed by atoms with E-state index in [4.69, 9.17) is 16.0 Å². The Morgan fingerprint density at radius 1 is 1.00 bits per heavy atom. The molecule has 0 unspecified atom stereocenters. The summed E-state index contributed by atoms with van der Waals surface area (Å²) in [4.78, 5) is 0. The monoisotopic (exact) mass is 214 g/mol. The first kappa shape index (κ1) is 15.7. The van der Waals surface area contributed by atoms with Gasteiger partial charge in [0.05, 0.1) is 0 Å². The molecule has 0 aromatic carbocycles. The van der Waals surface area contributed by atoms with Crippen LogP contribution in [0.4, 0.5) is 0 Å². The van der Waals surface area contributed by atoms with E-state index in [1.807, 2.05) is 0 Å². The molecule has 0 amide bonds. The summed E-state index contributed by atoms with van der Waals surface area (Å²) >= 11 is -5.12. The van der Waals surface area contributed by atoms with Gasteiger partial charge in [0.25, 0.3) is 0 Å². The van der Waals surface area contributed by atoms with Crippen molar-refractivity contribution in [2.75, 3.05) is 0 Å². The van der Waals surface area contributed by atoms with Gasteiger partial charge in [-0.3, -0.25) is 0 Å². The summed E-state index contributed by atoms with van der Waals surface area (Å²) in [6.45, 7) is 0. The first-order valence-corrected chi connectivity index (χ1v) is 4.07. The molecule has 0 radical (unpaired) electrons. The second-order valence-corrected chi connectivity index (χ2v) is 2.67. The normalized spacial score (nSPS) is 8.43. The fourth-order valence-corrected chi connectivity index (χ4v) is 0. The Balaban J connectivity index is -0.0000000800. The van der Waals surface area contributed by atoms with Crippen LogP contribution in [0.5, 0.6) is 0 Å². The van der Waals surface area contributed by atoms with Gasteiger partial charge in [-0.15, -0.1) is 24.8 Å². The Morgan fingerprint density at radius 2 is 1.00 bits per heavy atom. The Hall–Kier alpha value is 0.818. The molecule has 0 aromatic rings. The third kappa shape index (κ3) is 236. The molecule has 0 saturated carbocycles. The van der Waals surface area contributed by atoms with Crippen LogP contribution in [0.1, 0.15) is 0 Å². The van der Waals surface area contributed by atoms with Crippen LogP contribution in [0.2, 0.25) is 0 Å². The topological polar surface area (TPSA) is 77.8 Å². The van der Waals surface area contributed by atoms with E-state index in [9.17, 15) is 0 Å². The fraction of sp³-hybridized carbons (Fsp3) is 0. The number of halogens is 2. The molecule has 7 heavy (non-hydrogen) atoms. The van der Waals surface area contributed by atoms with E-state index in [-0.39, 0.29) is 24.8 Å². The molecule has 48 valence electrons. The van der Waals surface area contributed by atoms with E-state index in [1.165, 1.54) is 0 Å². The van der Waals surface area contributed by atoms with Gasteiger partial charge in [-0.1, -0.05) is 0 Å². The van der Waals surface area contributed by atoms with Gasteiger partial charge >= 0.3 is 30.5 Å². The zero-order valence-electron chi connectivity index (χ0n) is 3.01. The first-order valence-electron chi connectivity index (χ1n) is 0.783. The van der Waals surface area contributed by atoms with E-state index in [2.05, 4.69) is 0 Å². The molecule has 0 saturated heterocycles. The first-order chi connectivity index (χ1) is 2.00. The Kier molecular flexibility index (Phi) is 11.1. The Labute approximate surface area is 55.7 Å². The van der Waals surface area contributed by atoms with Gasteiger partial charge < -0.3 is 0 Å². The maximum absolute atomic E-state index is 8.94. The van der Waals surface area contributed by atoms with Crippen molar-refractivity contribution in [1.82, 2.24) is 0 Å². The minimum atomic E-state index is -5.12. The molecule has 0 atom stereocenters. The summed E-state index contributed by atoms with van der Waals surface area (Å²) < 4.78 is 30.7. The van der Waals surface area contributed by atoms with Crippen molar-refractivity contribution in [2.45, 2.75) is 0 Å². The summed E-state index contributed by atoms with van der Waals surface area (Å²) in [5, 5.41) is 0. The second-order valence-electron chi connectivity index (χ2n) is 0.513. The fourth-order valence-electron chi connectivity index (χ4n) is 0. The Morgan fingerprint density at radius 3 is 1.00 bits per heavy atom. The van der Waals surface area contributed by atoms with E-state index < -0.39 is 14.5 Å². The van der Waals surface area contributed by atoms with Gasteiger partial charge in [-0.25, -0.2) is 0 Å². The van der Waals surface area contributed by atoms with Crippen LogP contribution in [0, 0.1) is 0 Å². The van der Waals surface area contributed by atoms with Crippen molar-refractivity contribution in [3.05, 3.63) is 0 Å². The molecule has 0 spiro atoms. The van der Waals surface area contributed by atoms with Crippen molar-refractivity contribution in [1.29, 1.82) is 0 Å². The minimum absolute atomic E-state index is 0. The molecule has 0 aliphatic heterocycles. The summed E-state index contributed by atoms with van der Waals surface area (Å²) in [5.41, 5.74) is 0. The second kappa shape index (κ2) is 4.97. The van der Waals surface area contributed by atoms with Gasteiger partial charge in [0.15, 0.2) is 0 Å². The molecule has 0 aromatic heterocycles. The van der Waals surface area contributed by atoms with Crippen LogP contribution >= 0.6 is 24.8 Å². The van der Waals surface area contributed by atoms with Crippen LogP contribution in [0.15, 0.2) is 0 Å². The summed E-state index contributed by atoms with van der Waals surface area (Å²) in [5.74, 6) is 0. The Bertz CT molecular complexity index is 55.8.